The molecule has 1 aromatic heterocycles. The number of nitrogens with one attached hydrogen (secondary N) is 3. The van der Waals surface area contributed by atoms with Crippen molar-refractivity contribution >= 4 is 40.2 Å². The number of carbonyl (C=O) groups is 2. The second-order valence-corrected chi connectivity index (χ2v) is 8.17. The summed E-state index contributed by atoms with van der Waals surface area (Å²) in [6.45, 7) is 1.19. The van der Waals surface area contributed by atoms with Crippen LogP contribution in [0.1, 0.15) is 40.4 Å². The van der Waals surface area contributed by atoms with E-state index in [-0.39, 0.29) is 11.8 Å². The minimum absolute atomic E-state index is 0.0543. The first-order valence-electron chi connectivity index (χ1n) is 10.3. The summed E-state index contributed by atoms with van der Waals surface area (Å²) in [6.07, 6.45) is 4.56. The van der Waals surface area contributed by atoms with Gasteiger partial charge >= 0.3 is 0 Å². The summed E-state index contributed by atoms with van der Waals surface area (Å²) in [4.78, 5) is 29.5. The van der Waals surface area contributed by atoms with Crippen molar-refractivity contribution in [2.45, 2.75) is 32.2 Å². The molecule has 5 N–H and O–H groups in total. The zero-order chi connectivity index (χ0) is 21.9. The number of hydrogen-bond donors (Lipinski definition) is 4. The molecule has 0 radical (unpaired) electrons. The maximum atomic E-state index is 12.2. The maximum Gasteiger partial charge on any atom is 0.280 e. The van der Waals surface area contributed by atoms with Gasteiger partial charge in [0.1, 0.15) is 0 Å². The molecular formula is C23H27N5O2S. The second-order valence-electron chi connectivity index (χ2n) is 7.05. The average Bonchev–Trinajstić information content (AvgIpc) is 3.26. The van der Waals surface area contributed by atoms with Crippen LogP contribution in [0.4, 0.5) is 17.1 Å². The Labute approximate surface area is 186 Å². The summed E-state index contributed by atoms with van der Waals surface area (Å²) < 4.78 is 0. The van der Waals surface area contributed by atoms with E-state index in [9.17, 15) is 9.59 Å². The van der Waals surface area contributed by atoms with E-state index < -0.39 is 0 Å². The number of rotatable bonds is 11. The summed E-state index contributed by atoms with van der Waals surface area (Å²) in [5.41, 5.74) is 8.05. The Bertz CT molecular complexity index is 990. The highest BCUT2D eigenvalue weighted by molar-refractivity contribution is 7.13. The number of thiazole rings is 1. The van der Waals surface area contributed by atoms with Gasteiger partial charge in [0.2, 0.25) is 5.91 Å². The number of anilines is 3. The molecule has 3 rings (SSSR count). The first-order valence-corrected chi connectivity index (χ1v) is 11.1. The van der Waals surface area contributed by atoms with Crippen LogP contribution in [0.3, 0.4) is 0 Å². The average molecular weight is 438 g/mol. The van der Waals surface area contributed by atoms with Crippen LogP contribution in [-0.2, 0) is 11.3 Å². The van der Waals surface area contributed by atoms with E-state index >= 15 is 0 Å². The molecule has 3 aromatic rings. The molecule has 1 heterocycles. The third-order valence-electron chi connectivity index (χ3n) is 4.59. The highest BCUT2D eigenvalue weighted by Crippen LogP contribution is 2.17. The lowest BCUT2D eigenvalue weighted by molar-refractivity contribution is -0.116. The van der Waals surface area contributed by atoms with Crippen LogP contribution < -0.4 is 21.7 Å². The van der Waals surface area contributed by atoms with E-state index in [0.717, 1.165) is 29.8 Å². The highest BCUT2D eigenvalue weighted by atomic mass is 32.1. The molecule has 162 valence electrons. The molecule has 0 spiro atoms. The van der Waals surface area contributed by atoms with Crippen molar-refractivity contribution in [3.05, 3.63) is 70.7 Å². The van der Waals surface area contributed by atoms with Crippen LogP contribution in [0.15, 0.2) is 60.8 Å². The van der Waals surface area contributed by atoms with Crippen LogP contribution in [-0.4, -0.2) is 23.3 Å². The fraction of sp³-hybridized carbons (Fsp3) is 0.261. The predicted molar refractivity (Wildman–Crippen MR) is 126 cm³/mol. The van der Waals surface area contributed by atoms with Gasteiger partial charge in [-0.1, -0.05) is 36.8 Å². The van der Waals surface area contributed by atoms with Crippen LogP contribution in [0.25, 0.3) is 0 Å². The van der Waals surface area contributed by atoms with Gasteiger partial charge in [0.05, 0.1) is 17.9 Å². The Morgan fingerprint density at radius 2 is 1.74 bits per heavy atom. The third kappa shape index (κ3) is 7.42. The Hall–Kier alpha value is -3.39. The van der Waals surface area contributed by atoms with Crippen LogP contribution in [0.5, 0.6) is 0 Å². The van der Waals surface area contributed by atoms with E-state index in [4.69, 9.17) is 5.73 Å². The summed E-state index contributed by atoms with van der Waals surface area (Å²) in [5, 5.41) is 9.48. The van der Waals surface area contributed by atoms with Gasteiger partial charge in [-0.3, -0.25) is 9.59 Å². The van der Waals surface area contributed by atoms with E-state index in [1.807, 2.05) is 42.5 Å². The minimum Gasteiger partial charge on any atom is -0.397 e. The van der Waals surface area contributed by atoms with E-state index in [1.165, 1.54) is 11.3 Å². The monoisotopic (exact) mass is 437 g/mol. The molecule has 0 saturated heterocycles. The molecule has 7 nitrogen and oxygen atoms in total. The Balaban J connectivity index is 1.28. The van der Waals surface area contributed by atoms with Crippen molar-refractivity contribution in [2.75, 3.05) is 22.9 Å². The number of nitrogen functional groups attached to an aromatic ring is 1. The Morgan fingerprint density at radius 3 is 2.55 bits per heavy atom. The fourth-order valence-electron chi connectivity index (χ4n) is 2.93. The Morgan fingerprint density at radius 1 is 0.968 bits per heavy atom. The van der Waals surface area contributed by atoms with Crippen molar-refractivity contribution in [1.29, 1.82) is 0 Å². The summed E-state index contributed by atoms with van der Waals surface area (Å²) in [5.74, 6) is -0.213. The van der Waals surface area contributed by atoms with Crippen molar-refractivity contribution in [3.8, 4) is 0 Å². The number of benzene rings is 2. The summed E-state index contributed by atoms with van der Waals surface area (Å²) in [6, 6.07) is 17.1. The third-order valence-corrected chi connectivity index (χ3v) is 5.59. The number of hydrogen-bond acceptors (Lipinski definition) is 6. The SMILES string of the molecule is Nc1ccccc1NC(=O)CCCCCNC(=O)c1ncc(CNc2ccccc2)s1. The predicted octanol–water partition coefficient (Wildman–Crippen LogP) is 4.27. The highest BCUT2D eigenvalue weighted by Gasteiger charge is 2.11. The van der Waals surface area contributed by atoms with E-state index in [1.54, 1.807) is 18.3 Å². The molecule has 2 amide bonds. The lowest BCUT2D eigenvalue weighted by Gasteiger charge is -2.07. The standard InChI is InChI=1S/C23H27N5O2S/c24-19-11-6-7-12-20(19)28-21(29)13-5-2-8-14-25-22(30)23-27-16-18(31-23)15-26-17-9-3-1-4-10-17/h1,3-4,6-7,9-12,16,26H,2,5,8,13-15,24H2,(H,25,30)(H,28,29). The van der Waals surface area contributed by atoms with Gasteiger partial charge < -0.3 is 21.7 Å². The molecule has 0 unspecified atom stereocenters. The smallest absolute Gasteiger partial charge is 0.280 e. The van der Waals surface area contributed by atoms with Crippen molar-refractivity contribution in [3.63, 3.8) is 0 Å². The largest absolute Gasteiger partial charge is 0.397 e. The van der Waals surface area contributed by atoms with Gasteiger partial charge in [-0.2, -0.15) is 0 Å². The molecule has 0 atom stereocenters. The number of para-hydroxylation sites is 3. The number of unbranched alkanes of at least 4 members (excludes halogenated alkanes) is 2. The molecule has 0 fully saturated rings. The number of nitrogens with two attached hydrogens (primary N) is 1. The summed E-state index contributed by atoms with van der Waals surface area (Å²) >= 11 is 1.39. The van der Waals surface area contributed by atoms with Gasteiger partial charge in [0.15, 0.2) is 5.01 Å². The van der Waals surface area contributed by atoms with Crippen molar-refractivity contribution in [1.82, 2.24) is 10.3 Å². The zero-order valence-corrected chi connectivity index (χ0v) is 18.1. The first kappa shape index (κ1) is 22.3. The van der Waals surface area contributed by atoms with Gasteiger partial charge in [-0.05, 0) is 37.1 Å². The summed E-state index contributed by atoms with van der Waals surface area (Å²) in [7, 11) is 0. The van der Waals surface area contributed by atoms with Gasteiger partial charge in [0, 0.05) is 29.7 Å². The second kappa shape index (κ2) is 11.7. The van der Waals surface area contributed by atoms with Gasteiger partial charge in [-0.15, -0.1) is 11.3 Å². The molecule has 0 aliphatic heterocycles. The number of aromatic nitrogens is 1. The van der Waals surface area contributed by atoms with Crippen molar-refractivity contribution < 1.29 is 9.59 Å². The van der Waals surface area contributed by atoms with Gasteiger partial charge in [0.25, 0.3) is 5.91 Å². The number of carbonyl (C=O) groups excluding carboxylic acids is 2. The lowest BCUT2D eigenvalue weighted by Crippen LogP contribution is -2.24. The molecular weight excluding hydrogens is 410 g/mol. The number of nitrogens with zero attached hydrogens (tertiary/aromatic N) is 1. The first-order chi connectivity index (χ1) is 15.1. The quantitative estimate of drug-likeness (QED) is 0.265. The number of amides is 2. The maximum absolute atomic E-state index is 12.2. The molecule has 0 bridgehead atoms. The minimum atomic E-state index is -0.159. The van der Waals surface area contributed by atoms with Crippen LogP contribution in [0.2, 0.25) is 0 Å². The fourth-order valence-corrected chi connectivity index (χ4v) is 3.70. The Kier molecular flexibility index (Phi) is 8.42. The topological polar surface area (TPSA) is 109 Å². The molecule has 31 heavy (non-hydrogen) atoms. The lowest BCUT2D eigenvalue weighted by atomic mass is 10.2. The van der Waals surface area contributed by atoms with Crippen molar-refractivity contribution in [2.24, 2.45) is 0 Å². The molecule has 0 aliphatic carbocycles. The van der Waals surface area contributed by atoms with E-state index in [2.05, 4.69) is 20.9 Å². The normalized spacial score (nSPS) is 10.5. The molecule has 2 aromatic carbocycles. The van der Waals surface area contributed by atoms with Gasteiger partial charge in [-0.25, -0.2) is 4.98 Å². The molecule has 0 saturated carbocycles. The van der Waals surface area contributed by atoms with Crippen LogP contribution in [0, 0.1) is 0 Å². The molecule has 8 heteroatoms. The van der Waals surface area contributed by atoms with E-state index in [0.29, 0.717) is 35.9 Å². The zero-order valence-electron chi connectivity index (χ0n) is 17.3. The molecule has 0 aliphatic rings. The van der Waals surface area contributed by atoms with Crippen LogP contribution >= 0.6 is 11.3 Å².